The zero-order valence-corrected chi connectivity index (χ0v) is 10.3. The van der Waals surface area contributed by atoms with E-state index in [-0.39, 0.29) is 0 Å². The average Bonchev–Trinajstić information content (AvgIpc) is 1.97. The molecule has 0 amide bonds. The van der Waals surface area contributed by atoms with Crippen molar-refractivity contribution in [2.24, 2.45) is 0 Å². The van der Waals surface area contributed by atoms with Crippen molar-refractivity contribution in [1.29, 1.82) is 0 Å². The van der Waals surface area contributed by atoms with Crippen molar-refractivity contribution >= 4 is 49.9 Å². The summed E-state index contributed by atoms with van der Waals surface area (Å²) in [6.45, 7) is 0. The summed E-state index contributed by atoms with van der Waals surface area (Å²) < 4.78 is 0.955. The van der Waals surface area contributed by atoms with E-state index in [0.29, 0.717) is 0 Å². The second-order valence-corrected chi connectivity index (χ2v) is 6.09. The molecule has 0 rings (SSSR count). The van der Waals surface area contributed by atoms with Gasteiger partial charge in [-0.15, -0.1) is 0 Å². The summed E-state index contributed by atoms with van der Waals surface area (Å²) in [6, 6.07) is 0. The summed E-state index contributed by atoms with van der Waals surface area (Å²) in [4.78, 5) is 1.96. The van der Waals surface area contributed by atoms with Gasteiger partial charge in [-0.1, -0.05) is 23.0 Å². The highest BCUT2D eigenvalue weighted by molar-refractivity contribution is 8.83. The van der Waals surface area contributed by atoms with Gasteiger partial charge in [0.15, 0.2) is 0 Å². The number of thiocarbonyl (C=S) groups is 1. The average molecular weight is 227 g/mol. The molecular formula is C6H13NS4. The van der Waals surface area contributed by atoms with Crippen molar-refractivity contribution in [2.75, 3.05) is 31.9 Å². The van der Waals surface area contributed by atoms with E-state index in [9.17, 15) is 0 Å². The smallest absolute Gasteiger partial charge is 0.146 e. The van der Waals surface area contributed by atoms with Crippen LogP contribution in [0.25, 0.3) is 0 Å². The second kappa shape index (κ2) is 7.58. The lowest BCUT2D eigenvalue weighted by atomic mass is 11.0. The Balaban J connectivity index is 3.18. The van der Waals surface area contributed by atoms with E-state index < -0.39 is 0 Å². The van der Waals surface area contributed by atoms with Crippen LogP contribution < -0.4 is 0 Å². The topological polar surface area (TPSA) is 3.24 Å². The summed E-state index contributed by atoms with van der Waals surface area (Å²) in [6.07, 6.45) is 2.12. The fraction of sp³-hybridized carbons (Fsp3) is 0.833. The summed E-state index contributed by atoms with van der Waals surface area (Å²) >= 11 is 6.96. The van der Waals surface area contributed by atoms with Gasteiger partial charge < -0.3 is 4.90 Å². The molecule has 0 saturated heterocycles. The van der Waals surface area contributed by atoms with Crippen molar-refractivity contribution in [3.05, 3.63) is 0 Å². The van der Waals surface area contributed by atoms with E-state index >= 15 is 0 Å². The van der Waals surface area contributed by atoms with Crippen LogP contribution in [-0.4, -0.2) is 41.1 Å². The van der Waals surface area contributed by atoms with Crippen molar-refractivity contribution in [1.82, 2.24) is 4.90 Å². The molecule has 0 aliphatic rings. The lowest BCUT2D eigenvalue weighted by Gasteiger charge is -2.11. The molecule has 0 aromatic rings. The summed E-state index contributed by atoms with van der Waals surface area (Å²) in [5.74, 6) is 2.37. The van der Waals surface area contributed by atoms with Gasteiger partial charge >= 0.3 is 0 Å². The highest BCUT2D eigenvalue weighted by Gasteiger charge is 1.98. The quantitative estimate of drug-likeness (QED) is 0.411. The third-order valence-electron chi connectivity index (χ3n) is 0.866. The molecule has 0 unspecified atom stereocenters. The maximum atomic E-state index is 5.09. The van der Waals surface area contributed by atoms with Gasteiger partial charge in [0.2, 0.25) is 0 Å². The number of thioether (sulfide) groups is 1. The van der Waals surface area contributed by atoms with E-state index in [4.69, 9.17) is 12.2 Å². The van der Waals surface area contributed by atoms with E-state index in [0.717, 1.165) is 4.32 Å². The maximum Gasteiger partial charge on any atom is 0.146 e. The van der Waals surface area contributed by atoms with E-state index in [1.165, 1.54) is 11.5 Å². The summed E-state index contributed by atoms with van der Waals surface area (Å²) in [7, 11) is 7.47. The van der Waals surface area contributed by atoms with Gasteiger partial charge in [0.1, 0.15) is 4.32 Å². The Hall–Kier alpha value is 0.940. The molecule has 1 nitrogen and oxygen atoms in total. The van der Waals surface area contributed by atoms with Gasteiger partial charge in [0, 0.05) is 25.6 Å². The molecular weight excluding hydrogens is 214 g/mol. The number of rotatable bonds is 4. The van der Waals surface area contributed by atoms with Crippen molar-refractivity contribution < 1.29 is 0 Å². The molecule has 0 radical (unpaired) electrons. The SMILES string of the molecule is CSCCSSC(=S)N(C)C. The third kappa shape index (κ3) is 7.31. The minimum Gasteiger partial charge on any atom is -0.363 e. The van der Waals surface area contributed by atoms with Crippen molar-refractivity contribution in [3.63, 3.8) is 0 Å². The molecule has 66 valence electrons. The fourth-order valence-electron chi connectivity index (χ4n) is 0.284. The van der Waals surface area contributed by atoms with Crippen LogP contribution in [-0.2, 0) is 0 Å². The van der Waals surface area contributed by atoms with Crippen molar-refractivity contribution in [3.8, 4) is 0 Å². The molecule has 0 N–H and O–H groups in total. The van der Waals surface area contributed by atoms with Crippen LogP contribution in [0.1, 0.15) is 0 Å². The molecule has 0 aromatic heterocycles. The van der Waals surface area contributed by atoms with Crippen LogP contribution in [0.3, 0.4) is 0 Å². The van der Waals surface area contributed by atoms with Crippen LogP contribution in [0.5, 0.6) is 0 Å². The lowest BCUT2D eigenvalue weighted by molar-refractivity contribution is 0.648. The number of hydrogen-bond donors (Lipinski definition) is 0. The minimum atomic E-state index is 0.955. The fourth-order valence-corrected chi connectivity index (χ4v) is 3.60. The van der Waals surface area contributed by atoms with Crippen LogP contribution in [0.4, 0.5) is 0 Å². The Labute approximate surface area is 86.5 Å². The van der Waals surface area contributed by atoms with Crippen LogP contribution >= 0.6 is 45.6 Å². The number of hydrogen-bond acceptors (Lipinski definition) is 4. The minimum absolute atomic E-state index is 0.955. The monoisotopic (exact) mass is 227 g/mol. The molecule has 0 saturated carbocycles. The summed E-state index contributed by atoms with van der Waals surface area (Å²) in [5.41, 5.74) is 0. The highest BCUT2D eigenvalue weighted by Crippen LogP contribution is 2.24. The first-order chi connectivity index (χ1) is 5.18. The van der Waals surface area contributed by atoms with Gasteiger partial charge in [0.25, 0.3) is 0 Å². The lowest BCUT2D eigenvalue weighted by Crippen LogP contribution is -2.15. The second-order valence-electron chi connectivity index (χ2n) is 2.06. The zero-order valence-electron chi connectivity index (χ0n) is 6.99. The molecule has 0 bridgehead atoms. The maximum absolute atomic E-state index is 5.09. The van der Waals surface area contributed by atoms with Crippen LogP contribution in [0.2, 0.25) is 0 Å². The zero-order chi connectivity index (χ0) is 8.69. The molecule has 11 heavy (non-hydrogen) atoms. The van der Waals surface area contributed by atoms with Crippen LogP contribution in [0, 0.1) is 0 Å². The van der Waals surface area contributed by atoms with E-state index in [1.54, 1.807) is 10.8 Å². The van der Waals surface area contributed by atoms with Gasteiger partial charge in [-0.25, -0.2) is 0 Å². The first-order valence-electron chi connectivity index (χ1n) is 3.18. The first-order valence-corrected chi connectivity index (χ1v) is 7.30. The molecule has 5 heteroatoms. The Bertz CT molecular complexity index is 115. The summed E-state index contributed by atoms with van der Waals surface area (Å²) in [5, 5.41) is 0. The number of nitrogens with zero attached hydrogens (tertiary/aromatic N) is 1. The molecule has 0 spiro atoms. The predicted octanol–water partition coefficient (Wildman–Crippen LogP) is 2.58. The predicted molar refractivity (Wildman–Crippen MR) is 64.7 cm³/mol. The largest absolute Gasteiger partial charge is 0.363 e. The van der Waals surface area contributed by atoms with Crippen molar-refractivity contribution in [2.45, 2.75) is 0 Å². The highest BCUT2D eigenvalue weighted by atomic mass is 33.1. The van der Waals surface area contributed by atoms with E-state index in [2.05, 4.69) is 6.26 Å². The van der Waals surface area contributed by atoms with Gasteiger partial charge in [-0.3, -0.25) is 0 Å². The van der Waals surface area contributed by atoms with E-state index in [1.807, 2.05) is 41.6 Å². The Morgan fingerprint density at radius 3 is 2.45 bits per heavy atom. The van der Waals surface area contributed by atoms with Gasteiger partial charge in [-0.05, 0) is 17.0 Å². The Morgan fingerprint density at radius 1 is 1.36 bits per heavy atom. The molecule has 0 atom stereocenters. The molecule has 0 aromatic carbocycles. The Kier molecular flexibility index (Phi) is 8.23. The first kappa shape index (κ1) is 11.9. The van der Waals surface area contributed by atoms with Gasteiger partial charge in [-0.2, -0.15) is 11.8 Å². The van der Waals surface area contributed by atoms with Crippen LogP contribution in [0.15, 0.2) is 0 Å². The molecule has 0 heterocycles. The third-order valence-corrected chi connectivity index (χ3v) is 4.99. The normalized spacial score (nSPS) is 9.73. The molecule has 0 aliphatic carbocycles. The molecule has 0 fully saturated rings. The Morgan fingerprint density at radius 2 is 2.00 bits per heavy atom. The van der Waals surface area contributed by atoms with Gasteiger partial charge in [0.05, 0.1) is 0 Å². The molecule has 0 aliphatic heterocycles. The standard InChI is InChI=1S/C6H13NS4/c1-7(2)6(8)11-10-5-4-9-3/h4-5H2,1-3H3.